The molecule has 1 saturated heterocycles. The molecular weight excluding hydrogens is 360 g/mol. The molecule has 3 aromatic rings. The first-order chi connectivity index (χ1) is 13.5. The van der Waals surface area contributed by atoms with Gasteiger partial charge in [0.05, 0.1) is 5.92 Å². The van der Waals surface area contributed by atoms with Gasteiger partial charge < -0.3 is 15.1 Å². The second-order valence-electron chi connectivity index (χ2n) is 6.68. The zero-order chi connectivity index (χ0) is 19.7. The summed E-state index contributed by atoms with van der Waals surface area (Å²) in [6, 6.07) is 13.6. The lowest BCUT2D eigenvalue weighted by molar-refractivity contribution is -0.129. The van der Waals surface area contributed by atoms with E-state index in [4.69, 9.17) is 4.42 Å². The van der Waals surface area contributed by atoms with Crippen molar-refractivity contribution in [3.63, 3.8) is 0 Å². The van der Waals surface area contributed by atoms with E-state index in [0.717, 1.165) is 11.1 Å². The molecule has 3 N–H and O–H groups in total. The Kier molecular flexibility index (Phi) is 4.52. The number of nitrogens with zero attached hydrogens (tertiary/aromatic N) is 1. The second kappa shape index (κ2) is 7.15. The van der Waals surface area contributed by atoms with Crippen LogP contribution in [0.2, 0.25) is 0 Å². The maximum atomic E-state index is 12.4. The molecule has 1 fully saturated rings. The van der Waals surface area contributed by atoms with Crippen molar-refractivity contribution >= 4 is 34.6 Å². The predicted octanol–water partition coefficient (Wildman–Crippen LogP) is 2.67. The van der Waals surface area contributed by atoms with E-state index in [9.17, 15) is 14.4 Å². The molecule has 4 rings (SSSR count). The summed E-state index contributed by atoms with van der Waals surface area (Å²) in [4.78, 5) is 40.1. The molecule has 142 valence electrons. The van der Waals surface area contributed by atoms with E-state index < -0.39 is 23.9 Å². The topological polar surface area (TPSA) is 113 Å². The molecule has 1 aliphatic heterocycles. The molecule has 8 nitrogen and oxygen atoms in total. The molecule has 0 saturated carbocycles. The Morgan fingerprint density at radius 3 is 2.79 bits per heavy atom. The van der Waals surface area contributed by atoms with Gasteiger partial charge in [-0.15, -0.1) is 0 Å². The number of oxazole rings is 1. The molecule has 2 heterocycles. The maximum absolute atomic E-state index is 12.4. The summed E-state index contributed by atoms with van der Waals surface area (Å²) in [5.41, 5.74) is 2.74. The standard InChI is InChI=1S/C20H18N4O4/c1-11-14(18(26)24-20(27)21-11)10-17(25)22-13-6-4-5-12(9-13)19-23-15-7-2-3-8-16(15)28-19/h2-9,11,14H,10H2,1H3,(H,22,25)(H2,21,24,26,27). The monoisotopic (exact) mass is 378 g/mol. The summed E-state index contributed by atoms with van der Waals surface area (Å²) < 4.78 is 5.76. The molecule has 4 amide bonds. The van der Waals surface area contributed by atoms with Gasteiger partial charge in [-0.05, 0) is 37.3 Å². The van der Waals surface area contributed by atoms with Gasteiger partial charge in [0.2, 0.25) is 17.7 Å². The average Bonchev–Trinajstić information content (AvgIpc) is 3.09. The summed E-state index contributed by atoms with van der Waals surface area (Å²) in [5, 5.41) is 7.57. The number of para-hydroxylation sites is 2. The largest absolute Gasteiger partial charge is 0.436 e. The van der Waals surface area contributed by atoms with Gasteiger partial charge in [0.15, 0.2) is 5.58 Å². The molecule has 8 heteroatoms. The number of hydrogen-bond donors (Lipinski definition) is 3. The van der Waals surface area contributed by atoms with Crippen LogP contribution in [-0.2, 0) is 9.59 Å². The third-order valence-electron chi connectivity index (χ3n) is 4.63. The van der Waals surface area contributed by atoms with Crippen LogP contribution < -0.4 is 16.0 Å². The summed E-state index contributed by atoms with van der Waals surface area (Å²) in [6.45, 7) is 1.70. The van der Waals surface area contributed by atoms with Gasteiger partial charge in [-0.3, -0.25) is 14.9 Å². The summed E-state index contributed by atoms with van der Waals surface area (Å²) >= 11 is 0. The van der Waals surface area contributed by atoms with E-state index >= 15 is 0 Å². The first-order valence-corrected chi connectivity index (χ1v) is 8.87. The number of aromatic nitrogens is 1. The SMILES string of the molecule is CC1NC(=O)NC(=O)C1CC(=O)Nc1cccc(-c2nc3ccccc3o2)c1. The number of carbonyl (C=O) groups is 3. The second-order valence-corrected chi connectivity index (χ2v) is 6.68. The number of nitrogens with one attached hydrogen (secondary N) is 3. The smallest absolute Gasteiger partial charge is 0.321 e. The van der Waals surface area contributed by atoms with Crippen LogP contribution in [0.25, 0.3) is 22.6 Å². The Morgan fingerprint density at radius 1 is 1.18 bits per heavy atom. The first kappa shape index (κ1) is 17.7. The van der Waals surface area contributed by atoms with E-state index in [1.54, 1.807) is 25.1 Å². The predicted molar refractivity (Wildman–Crippen MR) is 102 cm³/mol. The van der Waals surface area contributed by atoms with Crippen LogP contribution in [0.5, 0.6) is 0 Å². The van der Waals surface area contributed by atoms with Gasteiger partial charge in [-0.25, -0.2) is 9.78 Å². The van der Waals surface area contributed by atoms with Crippen LogP contribution in [-0.4, -0.2) is 28.9 Å². The summed E-state index contributed by atoms with van der Waals surface area (Å²) in [6.07, 6.45) is -0.0413. The maximum Gasteiger partial charge on any atom is 0.321 e. The molecule has 2 aromatic carbocycles. The number of fused-ring (bicyclic) bond motifs is 1. The highest BCUT2D eigenvalue weighted by Gasteiger charge is 2.34. The lowest BCUT2D eigenvalue weighted by Crippen LogP contribution is -2.57. The summed E-state index contributed by atoms with van der Waals surface area (Å²) in [5.74, 6) is -0.942. The van der Waals surface area contributed by atoms with Crippen LogP contribution in [0.1, 0.15) is 13.3 Å². The molecule has 28 heavy (non-hydrogen) atoms. The summed E-state index contributed by atoms with van der Waals surface area (Å²) in [7, 11) is 0. The molecule has 0 spiro atoms. The molecule has 1 aliphatic rings. The zero-order valence-corrected chi connectivity index (χ0v) is 15.1. The van der Waals surface area contributed by atoms with Gasteiger partial charge in [0.25, 0.3) is 0 Å². The van der Waals surface area contributed by atoms with E-state index in [1.165, 1.54) is 0 Å². The third-order valence-corrected chi connectivity index (χ3v) is 4.63. The lowest BCUT2D eigenvalue weighted by atomic mass is 9.94. The lowest BCUT2D eigenvalue weighted by Gasteiger charge is -2.28. The first-order valence-electron chi connectivity index (χ1n) is 8.87. The zero-order valence-electron chi connectivity index (χ0n) is 15.1. The van der Waals surface area contributed by atoms with Crippen LogP contribution in [0.3, 0.4) is 0 Å². The molecule has 0 bridgehead atoms. The minimum absolute atomic E-state index is 0.0413. The Balaban J connectivity index is 1.48. The van der Waals surface area contributed by atoms with Crippen LogP contribution >= 0.6 is 0 Å². The Bertz CT molecular complexity index is 1040. The highest BCUT2D eigenvalue weighted by Crippen LogP contribution is 2.26. The van der Waals surface area contributed by atoms with Crippen molar-refractivity contribution in [2.24, 2.45) is 5.92 Å². The normalized spacial score (nSPS) is 19.2. The quantitative estimate of drug-likeness (QED) is 0.646. The number of rotatable bonds is 4. The molecule has 2 atom stereocenters. The Hall–Kier alpha value is -3.68. The number of imide groups is 1. The fourth-order valence-corrected chi connectivity index (χ4v) is 3.18. The van der Waals surface area contributed by atoms with E-state index in [1.807, 2.05) is 30.3 Å². The third kappa shape index (κ3) is 3.57. The van der Waals surface area contributed by atoms with Gasteiger partial charge in [-0.2, -0.15) is 0 Å². The average molecular weight is 378 g/mol. The van der Waals surface area contributed by atoms with Crippen molar-refractivity contribution < 1.29 is 18.8 Å². The highest BCUT2D eigenvalue weighted by molar-refractivity contribution is 6.01. The molecule has 0 radical (unpaired) electrons. The van der Waals surface area contributed by atoms with Crippen molar-refractivity contribution in [1.82, 2.24) is 15.6 Å². The van der Waals surface area contributed by atoms with Crippen molar-refractivity contribution in [2.75, 3.05) is 5.32 Å². The number of anilines is 1. The number of benzene rings is 2. The fourth-order valence-electron chi connectivity index (χ4n) is 3.18. The number of hydrogen-bond acceptors (Lipinski definition) is 5. The van der Waals surface area contributed by atoms with E-state index in [-0.39, 0.29) is 12.3 Å². The fraction of sp³-hybridized carbons (Fsp3) is 0.200. The van der Waals surface area contributed by atoms with Crippen molar-refractivity contribution in [3.05, 3.63) is 48.5 Å². The number of urea groups is 1. The Morgan fingerprint density at radius 2 is 2.00 bits per heavy atom. The van der Waals surface area contributed by atoms with Crippen LogP contribution in [0.15, 0.2) is 52.9 Å². The Labute approximate surface area is 160 Å². The van der Waals surface area contributed by atoms with Crippen molar-refractivity contribution in [1.29, 1.82) is 0 Å². The van der Waals surface area contributed by atoms with Crippen molar-refractivity contribution in [2.45, 2.75) is 19.4 Å². The molecule has 0 aliphatic carbocycles. The van der Waals surface area contributed by atoms with Crippen LogP contribution in [0.4, 0.5) is 10.5 Å². The molecule has 2 unspecified atom stereocenters. The molecule has 1 aromatic heterocycles. The van der Waals surface area contributed by atoms with E-state index in [0.29, 0.717) is 17.2 Å². The van der Waals surface area contributed by atoms with Crippen molar-refractivity contribution in [3.8, 4) is 11.5 Å². The minimum atomic E-state index is -0.627. The van der Waals surface area contributed by atoms with Gasteiger partial charge in [-0.1, -0.05) is 18.2 Å². The van der Waals surface area contributed by atoms with Gasteiger partial charge in [0.1, 0.15) is 5.52 Å². The number of amides is 4. The molecular formula is C20H18N4O4. The van der Waals surface area contributed by atoms with E-state index in [2.05, 4.69) is 20.9 Å². The van der Waals surface area contributed by atoms with Gasteiger partial charge >= 0.3 is 6.03 Å². The minimum Gasteiger partial charge on any atom is -0.436 e. The highest BCUT2D eigenvalue weighted by atomic mass is 16.3. The van der Waals surface area contributed by atoms with Crippen LogP contribution in [0, 0.1) is 5.92 Å². The van der Waals surface area contributed by atoms with Gasteiger partial charge in [0, 0.05) is 23.7 Å². The number of carbonyl (C=O) groups excluding carboxylic acids is 3.